The van der Waals surface area contributed by atoms with Gasteiger partial charge in [-0.3, -0.25) is 4.79 Å². The summed E-state index contributed by atoms with van der Waals surface area (Å²) in [5.41, 5.74) is 4.26. The van der Waals surface area contributed by atoms with E-state index in [2.05, 4.69) is 0 Å². The second-order valence-electron chi connectivity index (χ2n) is 8.74. The maximum absolute atomic E-state index is 13.6. The molecule has 33 heavy (non-hydrogen) atoms. The minimum Gasteiger partial charge on any atom is -0.336 e. The van der Waals surface area contributed by atoms with E-state index in [0.717, 1.165) is 40.6 Å². The van der Waals surface area contributed by atoms with Gasteiger partial charge in [0.15, 0.2) is 0 Å². The molecule has 2 saturated heterocycles. The van der Waals surface area contributed by atoms with Crippen LogP contribution in [-0.2, 0) is 10.2 Å². The summed E-state index contributed by atoms with van der Waals surface area (Å²) in [6.45, 7) is 4.61. The lowest BCUT2D eigenvalue weighted by Crippen LogP contribution is -2.53. The topological polar surface area (TPSA) is 73.8 Å². The second kappa shape index (κ2) is 8.85. The van der Waals surface area contributed by atoms with E-state index >= 15 is 0 Å². The number of fused-ring (bicyclic) bond motifs is 1. The highest BCUT2D eigenvalue weighted by molar-refractivity contribution is 7.86. The van der Waals surface area contributed by atoms with E-state index < -0.39 is 10.2 Å². The summed E-state index contributed by atoms with van der Waals surface area (Å²) >= 11 is 0. The number of amides is 1. The number of piperazine rings is 1. The minimum absolute atomic E-state index is 0.0832. The van der Waals surface area contributed by atoms with Crippen LogP contribution in [0, 0.1) is 6.92 Å². The van der Waals surface area contributed by atoms with Gasteiger partial charge in [-0.15, -0.1) is 0 Å². The molecule has 2 aliphatic heterocycles. The molecule has 0 atom stereocenters. The standard InChI is InChI=1S/C25H28N4O3S/c1-19-8-10-20(11-9-19)24-18-22(21-6-2-3-7-23(21)26-24)25(30)27-14-16-29(17-15-27)33(31,32)28-12-4-5-13-28/h2-3,6-11,18H,4-5,12-17H2,1H3. The summed E-state index contributed by atoms with van der Waals surface area (Å²) in [4.78, 5) is 20.1. The Labute approximate surface area is 194 Å². The number of pyridine rings is 1. The van der Waals surface area contributed by atoms with E-state index in [1.165, 1.54) is 4.31 Å². The average Bonchev–Trinajstić information content (AvgIpc) is 3.40. The third-order valence-corrected chi connectivity index (χ3v) is 8.57. The number of carbonyl (C=O) groups excluding carboxylic acids is 1. The van der Waals surface area contributed by atoms with Crippen LogP contribution in [0.2, 0.25) is 0 Å². The van der Waals surface area contributed by atoms with Gasteiger partial charge in [0.2, 0.25) is 0 Å². The molecule has 0 saturated carbocycles. The van der Waals surface area contributed by atoms with Crippen LogP contribution in [0.15, 0.2) is 54.6 Å². The molecule has 0 aliphatic carbocycles. The van der Waals surface area contributed by atoms with E-state index in [0.29, 0.717) is 44.8 Å². The number of aryl methyl sites for hydroxylation is 1. The zero-order valence-electron chi connectivity index (χ0n) is 18.8. The zero-order valence-corrected chi connectivity index (χ0v) is 19.6. The highest BCUT2D eigenvalue weighted by Crippen LogP contribution is 2.27. The minimum atomic E-state index is -3.44. The fraction of sp³-hybridized carbons (Fsp3) is 0.360. The predicted octanol–water partition coefficient (Wildman–Crippen LogP) is 3.31. The number of carbonyl (C=O) groups is 1. The smallest absolute Gasteiger partial charge is 0.282 e. The van der Waals surface area contributed by atoms with E-state index in [-0.39, 0.29) is 5.91 Å². The monoisotopic (exact) mass is 464 g/mol. The number of aromatic nitrogens is 1. The van der Waals surface area contributed by atoms with Crippen LogP contribution in [0.3, 0.4) is 0 Å². The Morgan fingerprint density at radius 2 is 1.48 bits per heavy atom. The average molecular weight is 465 g/mol. The van der Waals surface area contributed by atoms with Gasteiger partial charge in [0, 0.05) is 50.2 Å². The molecule has 0 bridgehead atoms. The fourth-order valence-electron chi connectivity index (χ4n) is 4.60. The molecule has 2 fully saturated rings. The van der Waals surface area contributed by atoms with Crippen molar-refractivity contribution in [2.75, 3.05) is 39.3 Å². The van der Waals surface area contributed by atoms with Crippen LogP contribution < -0.4 is 0 Å². The Hall–Kier alpha value is -2.81. The molecular weight excluding hydrogens is 436 g/mol. The van der Waals surface area contributed by atoms with Gasteiger partial charge in [0.1, 0.15) is 0 Å². The Morgan fingerprint density at radius 3 is 2.18 bits per heavy atom. The number of hydrogen-bond donors (Lipinski definition) is 0. The van der Waals surface area contributed by atoms with E-state index in [4.69, 9.17) is 4.98 Å². The lowest BCUT2D eigenvalue weighted by Gasteiger charge is -2.36. The first-order valence-electron chi connectivity index (χ1n) is 11.4. The zero-order chi connectivity index (χ0) is 23.0. The number of hydrogen-bond acceptors (Lipinski definition) is 4. The van der Waals surface area contributed by atoms with Crippen molar-refractivity contribution in [3.05, 3.63) is 65.7 Å². The van der Waals surface area contributed by atoms with Crippen molar-refractivity contribution in [1.82, 2.24) is 18.5 Å². The van der Waals surface area contributed by atoms with Crippen molar-refractivity contribution in [2.45, 2.75) is 19.8 Å². The molecule has 0 N–H and O–H groups in total. The van der Waals surface area contributed by atoms with Crippen LogP contribution in [0.25, 0.3) is 22.2 Å². The highest BCUT2D eigenvalue weighted by atomic mass is 32.2. The summed E-state index contributed by atoms with van der Waals surface area (Å²) in [7, 11) is -3.44. The van der Waals surface area contributed by atoms with Gasteiger partial charge in [-0.25, -0.2) is 4.98 Å². The van der Waals surface area contributed by atoms with Crippen molar-refractivity contribution in [3.8, 4) is 11.3 Å². The van der Waals surface area contributed by atoms with Crippen molar-refractivity contribution >= 4 is 27.0 Å². The Bertz CT molecular complexity index is 1280. The lowest BCUT2D eigenvalue weighted by atomic mass is 10.0. The summed E-state index contributed by atoms with van der Waals surface area (Å²) in [5, 5.41) is 0.811. The summed E-state index contributed by atoms with van der Waals surface area (Å²) < 4.78 is 28.8. The van der Waals surface area contributed by atoms with Gasteiger partial charge in [-0.2, -0.15) is 17.0 Å². The molecule has 3 heterocycles. The van der Waals surface area contributed by atoms with Gasteiger partial charge in [-0.05, 0) is 31.9 Å². The number of nitrogens with zero attached hydrogens (tertiary/aromatic N) is 4. The summed E-state index contributed by atoms with van der Waals surface area (Å²) in [5.74, 6) is -0.0832. The molecule has 1 aromatic heterocycles. The Balaban J connectivity index is 1.41. The van der Waals surface area contributed by atoms with E-state index in [1.54, 1.807) is 9.21 Å². The van der Waals surface area contributed by atoms with Crippen molar-refractivity contribution in [1.29, 1.82) is 0 Å². The maximum Gasteiger partial charge on any atom is 0.282 e. The molecule has 7 nitrogen and oxygen atoms in total. The molecule has 3 aromatic rings. The quantitative estimate of drug-likeness (QED) is 0.594. The third-order valence-electron chi connectivity index (χ3n) is 6.54. The van der Waals surface area contributed by atoms with Crippen molar-refractivity contribution in [2.24, 2.45) is 0 Å². The number of rotatable bonds is 4. The summed E-state index contributed by atoms with van der Waals surface area (Å²) in [6.07, 6.45) is 1.83. The molecule has 0 radical (unpaired) electrons. The second-order valence-corrected chi connectivity index (χ2v) is 10.7. The molecule has 8 heteroatoms. The number of para-hydroxylation sites is 1. The Kier molecular flexibility index (Phi) is 5.90. The third kappa shape index (κ3) is 4.26. The normalized spacial score (nSPS) is 18.2. The van der Waals surface area contributed by atoms with Crippen LogP contribution in [0.5, 0.6) is 0 Å². The van der Waals surface area contributed by atoms with Crippen LogP contribution >= 0.6 is 0 Å². The molecule has 0 unspecified atom stereocenters. The molecular formula is C25H28N4O3S. The van der Waals surface area contributed by atoms with Gasteiger partial charge < -0.3 is 4.90 Å². The molecule has 1 amide bonds. The van der Waals surface area contributed by atoms with Crippen molar-refractivity contribution in [3.63, 3.8) is 0 Å². The first-order chi connectivity index (χ1) is 15.9. The molecule has 2 aromatic carbocycles. The fourth-order valence-corrected chi connectivity index (χ4v) is 6.27. The van der Waals surface area contributed by atoms with Gasteiger partial charge >= 0.3 is 0 Å². The first kappa shape index (κ1) is 22.0. The van der Waals surface area contributed by atoms with Crippen LogP contribution in [-0.4, -0.2) is 72.1 Å². The van der Waals surface area contributed by atoms with Crippen LogP contribution in [0.1, 0.15) is 28.8 Å². The van der Waals surface area contributed by atoms with Gasteiger partial charge in [0.25, 0.3) is 16.1 Å². The molecule has 172 valence electrons. The number of benzene rings is 2. The lowest BCUT2D eigenvalue weighted by molar-refractivity contribution is 0.0696. The summed E-state index contributed by atoms with van der Waals surface area (Å²) in [6, 6.07) is 17.6. The first-order valence-corrected chi connectivity index (χ1v) is 12.8. The van der Waals surface area contributed by atoms with Gasteiger partial charge in [-0.1, -0.05) is 48.0 Å². The Morgan fingerprint density at radius 1 is 0.848 bits per heavy atom. The highest BCUT2D eigenvalue weighted by Gasteiger charge is 2.35. The van der Waals surface area contributed by atoms with Crippen LogP contribution in [0.4, 0.5) is 0 Å². The van der Waals surface area contributed by atoms with E-state index in [1.807, 2.05) is 61.5 Å². The van der Waals surface area contributed by atoms with Crippen molar-refractivity contribution < 1.29 is 13.2 Å². The molecule has 2 aliphatic rings. The molecule has 5 rings (SSSR count). The SMILES string of the molecule is Cc1ccc(-c2cc(C(=O)N3CCN(S(=O)(=O)N4CCCC4)CC3)c3ccccc3n2)cc1. The van der Waals surface area contributed by atoms with E-state index in [9.17, 15) is 13.2 Å². The van der Waals surface area contributed by atoms with Gasteiger partial charge in [0.05, 0.1) is 16.8 Å². The maximum atomic E-state index is 13.6. The largest absolute Gasteiger partial charge is 0.336 e. The molecule has 0 spiro atoms. The predicted molar refractivity (Wildman–Crippen MR) is 129 cm³/mol.